The predicted octanol–water partition coefficient (Wildman–Crippen LogP) is 2.76. The molecule has 2 aromatic rings. The van der Waals surface area contributed by atoms with E-state index in [0.29, 0.717) is 12.0 Å². The summed E-state index contributed by atoms with van der Waals surface area (Å²) in [7, 11) is 1.84. The molecule has 1 unspecified atom stereocenters. The summed E-state index contributed by atoms with van der Waals surface area (Å²) in [6.07, 6.45) is 0.482. The highest BCUT2D eigenvalue weighted by atomic mass is 35.5. The topological polar surface area (TPSA) is 43.8 Å². The van der Waals surface area contributed by atoms with Crippen molar-refractivity contribution < 1.29 is 4.39 Å². The van der Waals surface area contributed by atoms with Gasteiger partial charge in [-0.1, -0.05) is 23.7 Å². The third kappa shape index (κ3) is 2.54. The molecule has 1 heterocycles. The number of nitrogens with zero attached hydrogens (tertiary/aromatic N) is 2. The fraction of sp³-hybridized carbons (Fsp3) is 0.308. The molecule has 0 amide bonds. The van der Waals surface area contributed by atoms with Gasteiger partial charge in [-0.25, -0.2) is 4.39 Å². The maximum atomic E-state index is 13.3. The molecule has 5 heteroatoms. The zero-order valence-electron chi connectivity index (χ0n) is 10.3. The second-order valence-electron chi connectivity index (χ2n) is 4.36. The van der Waals surface area contributed by atoms with Crippen LogP contribution in [-0.2, 0) is 13.5 Å². The molecular weight excluding hydrogens is 253 g/mol. The summed E-state index contributed by atoms with van der Waals surface area (Å²) in [5.41, 5.74) is 8.65. The Balaban J connectivity index is 2.24. The van der Waals surface area contributed by atoms with Gasteiger partial charge in [0, 0.05) is 7.05 Å². The number of aryl methyl sites for hydroxylation is 2. The SMILES string of the molecule is Cc1cc(C(N)Cc2cccc(F)c2Cl)n(C)n1. The Morgan fingerprint density at radius 3 is 2.83 bits per heavy atom. The van der Waals surface area contributed by atoms with E-state index in [2.05, 4.69) is 5.10 Å². The number of aromatic nitrogens is 2. The lowest BCUT2D eigenvalue weighted by Crippen LogP contribution is -2.17. The number of hydrogen-bond acceptors (Lipinski definition) is 2. The van der Waals surface area contributed by atoms with Gasteiger partial charge in [0.25, 0.3) is 0 Å². The molecule has 2 N–H and O–H groups in total. The normalized spacial score (nSPS) is 12.7. The second kappa shape index (κ2) is 5.08. The van der Waals surface area contributed by atoms with Crippen molar-refractivity contribution in [2.45, 2.75) is 19.4 Å². The lowest BCUT2D eigenvalue weighted by molar-refractivity contribution is 0.604. The van der Waals surface area contributed by atoms with Crippen molar-refractivity contribution in [2.75, 3.05) is 0 Å². The minimum absolute atomic E-state index is 0.145. The van der Waals surface area contributed by atoms with Gasteiger partial charge in [0.05, 0.1) is 22.5 Å². The molecule has 0 saturated carbocycles. The van der Waals surface area contributed by atoms with Gasteiger partial charge in [-0.05, 0) is 31.0 Å². The molecule has 0 radical (unpaired) electrons. The fourth-order valence-corrected chi connectivity index (χ4v) is 2.23. The van der Waals surface area contributed by atoms with Crippen LogP contribution >= 0.6 is 11.6 Å². The molecule has 0 aliphatic carbocycles. The summed E-state index contributed by atoms with van der Waals surface area (Å²) in [5.74, 6) is -0.414. The number of hydrogen-bond donors (Lipinski definition) is 1. The van der Waals surface area contributed by atoms with Crippen molar-refractivity contribution in [3.63, 3.8) is 0 Å². The molecule has 0 fully saturated rings. The van der Waals surface area contributed by atoms with Crippen molar-refractivity contribution in [3.05, 3.63) is 52.1 Å². The molecule has 0 spiro atoms. The van der Waals surface area contributed by atoms with Gasteiger partial charge in [-0.2, -0.15) is 5.10 Å². The van der Waals surface area contributed by atoms with Crippen molar-refractivity contribution in [2.24, 2.45) is 12.8 Å². The molecule has 1 aromatic carbocycles. The molecule has 0 aliphatic heterocycles. The van der Waals surface area contributed by atoms with Gasteiger partial charge in [-0.3, -0.25) is 4.68 Å². The Morgan fingerprint density at radius 1 is 1.50 bits per heavy atom. The highest BCUT2D eigenvalue weighted by molar-refractivity contribution is 6.31. The quantitative estimate of drug-likeness (QED) is 0.929. The minimum Gasteiger partial charge on any atom is -0.322 e. The van der Waals surface area contributed by atoms with Crippen LogP contribution in [0.2, 0.25) is 5.02 Å². The van der Waals surface area contributed by atoms with Gasteiger partial charge >= 0.3 is 0 Å². The molecule has 18 heavy (non-hydrogen) atoms. The van der Waals surface area contributed by atoms with E-state index < -0.39 is 5.82 Å². The Bertz CT molecular complexity index is 565. The van der Waals surface area contributed by atoms with Gasteiger partial charge in [0.1, 0.15) is 5.82 Å². The molecule has 96 valence electrons. The van der Waals surface area contributed by atoms with Gasteiger partial charge < -0.3 is 5.73 Å². The van der Waals surface area contributed by atoms with Crippen LogP contribution in [0.15, 0.2) is 24.3 Å². The van der Waals surface area contributed by atoms with Crippen LogP contribution in [0.1, 0.15) is 23.0 Å². The maximum absolute atomic E-state index is 13.3. The predicted molar refractivity (Wildman–Crippen MR) is 70.0 cm³/mol. The van der Waals surface area contributed by atoms with Crippen LogP contribution in [-0.4, -0.2) is 9.78 Å². The van der Waals surface area contributed by atoms with Crippen LogP contribution in [0.3, 0.4) is 0 Å². The summed E-state index contributed by atoms with van der Waals surface area (Å²) < 4.78 is 15.1. The number of benzene rings is 1. The summed E-state index contributed by atoms with van der Waals surface area (Å²) in [4.78, 5) is 0. The van der Waals surface area contributed by atoms with E-state index in [0.717, 1.165) is 11.4 Å². The molecule has 0 bridgehead atoms. The van der Waals surface area contributed by atoms with Crippen molar-refractivity contribution >= 4 is 11.6 Å². The molecular formula is C13H15ClFN3. The first-order valence-corrected chi connectivity index (χ1v) is 6.06. The van der Waals surface area contributed by atoms with Crippen LogP contribution in [0.25, 0.3) is 0 Å². The summed E-state index contributed by atoms with van der Waals surface area (Å²) >= 11 is 5.92. The molecule has 0 aliphatic rings. The Kier molecular flexibility index (Phi) is 3.68. The lowest BCUT2D eigenvalue weighted by atomic mass is 10.0. The Hall–Kier alpha value is -1.39. The smallest absolute Gasteiger partial charge is 0.142 e. The summed E-state index contributed by atoms with van der Waals surface area (Å²) in [6, 6.07) is 6.44. The van der Waals surface area contributed by atoms with E-state index in [4.69, 9.17) is 17.3 Å². The van der Waals surface area contributed by atoms with Crippen molar-refractivity contribution in [1.29, 1.82) is 0 Å². The average molecular weight is 268 g/mol. The first kappa shape index (κ1) is 13.1. The van der Waals surface area contributed by atoms with Crippen molar-refractivity contribution in [3.8, 4) is 0 Å². The highest BCUT2D eigenvalue weighted by Gasteiger charge is 2.15. The minimum atomic E-state index is -0.414. The van der Waals surface area contributed by atoms with E-state index in [-0.39, 0.29) is 11.1 Å². The number of nitrogens with two attached hydrogens (primary N) is 1. The van der Waals surface area contributed by atoms with E-state index >= 15 is 0 Å². The van der Waals surface area contributed by atoms with E-state index in [1.54, 1.807) is 16.8 Å². The highest BCUT2D eigenvalue weighted by Crippen LogP contribution is 2.24. The Labute approximate surface area is 110 Å². The Morgan fingerprint density at radius 2 is 2.22 bits per heavy atom. The van der Waals surface area contributed by atoms with Gasteiger partial charge in [0.15, 0.2) is 0 Å². The summed E-state index contributed by atoms with van der Waals surface area (Å²) in [6.45, 7) is 1.91. The van der Waals surface area contributed by atoms with Crippen LogP contribution in [0, 0.1) is 12.7 Å². The fourth-order valence-electron chi connectivity index (χ4n) is 2.03. The van der Waals surface area contributed by atoms with E-state index in [1.807, 2.05) is 20.0 Å². The van der Waals surface area contributed by atoms with E-state index in [9.17, 15) is 4.39 Å². The molecule has 0 saturated heterocycles. The molecule has 1 aromatic heterocycles. The molecule has 2 rings (SSSR count). The third-order valence-electron chi connectivity index (χ3n) is 2.89. The van der Waals surface area contributed by atoms with Crippen LogP contribution in [0.4, 0.5) is 4.39 Å². The first-order valence-electron chi connectivity index (χ1n) is 5.68. The first-order chi connectivity index (χ1) is 8.49. The zero-order chi connectivity index (χ0) is 13.3. The maximum Gasteiger partial charge on any atom is 0.142 e. The monoisotopic (exact) mass is 267 g/mol. The van der Waals surface area contributed by atoms with E-state index in [1.165, 1.54) is 6.07 Å². The largest absolute Gasteiger partial charge is 0.322 e. The summed E-state index contributed by atoms with van der Waals surface area (Å²) in [5, 5.41) is 4.39. The molecule has 3 nitrogen and oxygen atoms in total. The average Bonchev–Trinajstić information content (AvgIpc) is 2.64. The number of halogens is 2. The van der Waals surface area contributed by atoms with Crippen LogP contribution in [0.5, 0.6) is 0 Å². The van der Waals surface area contributed by atoms with Crippen LogP contribution < -0.4 is 5.73 Å². The van der Waals surface area contributed by atoms with Gasteiger partial charge in [-0.15, -0.1) is 0 Å². The second-order valence-corrected chi connectivity index (χ2v) is 4.74. The standard InChI is InChI=1S/C13H15ClFN3/c1-8-6-12(18(2)17-8)11(16)7-9-4-3-5-10(15)13(9)14/h3-6,11H,7,16H2,1-2H3. The van der Waals surface area contributed by atoms with Gasteiger partial charge in [0.2, 0.25) is 0 Å². The lowest BCUT2D eigenvalue weighted by Gasteiger charge is -2.13. The number of rotatable bonds is 3. The van der Waals surface area contributed by atoms with Crippen molar-refractivity contribution in [1.82, 2.24) is 9.78 Å². The molecule has 1 atom stereocenters. The third-order valence-corrected chi connectivity index (χ3v) is 3.31. The zero-order valence-corrected chi connectivity index (χ0v) is 11.1.